The van der Waals surface area contributed by atoms with E-state index in [1.807, 2.05) is 0 Å². The van der Waals surface area contributed by atoms with Crippen molar-refractivity contribution in [1.29, 1.82) is 0 Å². The number of alkyl halides is 1. The third kappa shape index (κ3) is 2.98. The molecule has 0 aliphatic carbocycles. The van der Waals surface area contributed by atoms with Crippen molar-refractivity contribution in [2.75, 3.05) is 13.7 Å². The third-order valence-corrected chi connectivity index (χ3v) is 2.83. The first-order valence-electron chi connectivity index (χ1n) is 5.13. The number of halogens is 1. The van der Waals surface area contributed by atoms with E-state index in [0.29, 0.717) is 10.9 Å². The van der Waals surface area contributed by atoms with Gasteiger partial charge in [-0.15, -0.1) is 0 Å². The van der Waals surface area contributed by atoms with Crippen LogP contribution in [0.4, 0.5) is 5.69 Å². The number of rotatable bonds is 5. The Bertz CT molecular complexity index is 475. The molecule has 0 saturated carbocycles. The molecule has 0 aliphatic rings. The van der Waals surface area contributed by atoms with Crippen molar-refractivity contribution in [3.63, 3.8) is 0 Å². The minimum Gasteiger partial charge on any atom is -0.490 e. The molecule has 0 spiro atoms. The summed E-state index contributed by atoms with van der Waals surface area (Å²) in [5.74, 6) is -0.690. The molecule has 0 heterocycles. The fourth-order valence-electron chi connectivity index (χ4n) is 1.45. The van der Waals surface area contributed by atoms with Crippen LogP contribution in [0, 0.1) is 10.1 Å². The number of hydrogen-bond donors (Lipinski definition) is 0. The van der Waals surface area contributed by atoms with Gasteiger partial charge in [-0.05, 0) is 24.6 Å². The number of nitro groups is 1. The first-order valence-corrected chi connectivity index (χ1v) is 6.25. The largest absolute Gasteiger partial charge is 0.490 e. The summed E-state index contributed by atoms with van der Waals surface area (Å²) in [6.07, 6.45) is 0. The molecule has 0 fully saturated rings. The molecule has 1 aromatic rings. The van der Waals surface area contributed by atoms with Crippen molar-refractivity contribution in [3.05, 3.63) is 33.4 Å². The van der Waals surface area contributed by atoms with E-state index >= 15 is 0 Å². The summed E-state index contributed by atoms with van der Waals surface area (Å²) in [4.78, 5) is 22.1. The number of carbonyl (C=O) groups excluding carboxylic acids is 1. The fraction of sp³-hybridized carbons (Fsp3) is 0.364. The molecular formula is C11H12BrNO5. The zero-order valence-electron chi connectivity index (χ0n) is 9.94. The normalized spacial score (nSPS) is 9.94. The van der Waals surface area contributed by atoms with Crippen molar-refractivity contribution in [2.45, 2.75) is 12.3 Å². The van der Waals surface area contributed by atoms with Crippen LogP contribution in [-0.4, -0.2) is 24.6 Å². The molecule has 0 saturated heterocycles. The maximum atomic E-state index is 11.7. The average Bonchev–Trinajstić information content (AvgIpc) is 2.36. The lowest BCUT2D eigenvalue weighted by molar-refractivity contribution is -0.386. The third-order valence-electron chi connectivity index (χ3n) is 2.19. The van der Waals surface area contributed by atoms with Crippen LogP contribution in [0.5, 0.6) is 5.75 Å². The van der Waals surface area contributed by atoms with Crippen LogP contribution >= 0.6 is 15.9 Å². The lowest BCUT2D eigenvalue weighted by Crippen LogP contribution is -2.10. The summed E-state index contributed by atoms with van der Waals surface area (Å²) < 4.78 is 9.75. The van der Waals surface area contributed by atoms with Gasteiger partial charge < -0.3 is 9.47 Å². The maximum Gasteiger partial charge on any atom is 0.345 e. The lowest BCUT2D eigenvalue weighted by atomic mass is 10.1. The molecule has 0 bridgehead atoms. The summed E-state index contributed by atoms with van der Waals surface area (Å²) in [5, 5.41) is 11.5. The topological polar surface area (TPSA) is 78.7 Å². The van der Waals surface area contributed by atoms with Gasteiger partial charge >= 0.3 is 11.7 Å². The highest BCUT2D eigenvalue weighted by atomic mass is 79.9. The molecule has 1 aromatic carbocycles. The van der Waals surface area contributed by atoms with Gasteiger partial charge in [0.1, 0.15) is 5.56 Å². The Balaban J connectivity index is 3.43. The lowest BCUT2D eigenvalue weighted by Gasteiger charge is -2.08. The van der Waals surface area contributed by atoms with Gasteiger partial charge in [0.2, 0.25) is 0 Å². The van der Waals surface area contributed by atoms with Gasteiger partial charge in [-0.2, -0.15) is 0 Å². The predicted octanol–water partition coefficient (Wildman–Crippen LogP) is 2.68. The Morgan fingerprint density at radius 3 is 2.61 bits per heavy atom. The molecule has 0 atom stereocenters. The Morgan fingerprint density at radius 2 is 2.17 bits per heavy atom. The second-order valence-electron chi connectivity index (χ2n) is 3.31. The smallest absolute Gasteiger partial charge is 0.345 e. The van der Waals surface area contributed by atoms with Crippen LogP contribution in [0.15, 0.2) is 12.1 Å². The van der Waals surface area contributed by atoms with E-state index in [4.69, 9.17) is 9.47 Å². The molecule has 7 heteroatoms. The Labute approximate surface area is 112 Å². The van der Waals surface area contributed by atoms with Crippen LogP contribution in [0.1, 0.15) is 22.8 Å². The number of carbonyl (C=O) groups is 1. The van der Waals surface area contributed by atoms with Crippen molar-refractivity contribution < 1.29 is 19.2 Å². The Morgan fingerprint density at radius 1 is 1.50 bits per heavy atom. The Kier molecular flexibility index (Phi) is 5.08. The molecule has 6 nitrogen and oxygen atoms in total. The monoisotopic (exact) mass is 317 g/mol. The van der Waals surface area contributed by atoms with Gasteiger partial charge in [-0.1, -0.05) is 15.9 Å². The number of methoxy groups -OCH3 is 1. The van der Waals surface area contributed by atoms with Crippen LogP contribution in [0.3, 0.4) is 0 Å². The highest BCUT2D eigenvalue weighted by Crippen LogP contribution is 2.33. The first-order chi connectivity index (χ1) is 8.54. The minimum atomic E-state index is -0.731. The maximum absolute atomic E-state index is 11.7. The van der Waals surface area contributed by atoms with Gasteiger partial charge in [0.15, 0.2) is 5.75 Å². The zero-order valence-corrected chi connectivity index (χ0v) is 11.5. The number of nitrogens with zero attached hydrogens (tertiary/aromatic N) is 1. The predicted molar refractivity (Wildman–Crippen MR) is 68.2 cm³/mol. The summed E-state index contributed by atoms with van der Waals surface area (Å²) in [6, 6.07) is 2.93. The summed E-state index contributed by atoms with van der Waals surface area (Å²) in [7, 11) is 1.31. The van der Waals surface area contributed by atoms with E-state index in [-0.39, 0.29) is 23.6 Å². The second-order valence-corrected chi connectivity index (χ2v) is 3.87. The fourth-order valence-corrected chi connectivity index (χ4v) is 1.77. The molecule has 0 amide bonds. The van der Waals surface area contributed by atoms with Crippen molar-refractivity contribution in [1.82, 2.24) is 0 Å². The molecule has 0 aliphatic heterocycles. The van der Waals surface area contributed by atoms with E-state index in [9.17, 15) is 14.9 Å². The van der Waals surface area contributed by atoms with Gasteiger partial charge in [0.05, 0.1) is 18.6 Å². The quantitative estimate of drug-likeness (QED) is 0.361. The number of nitro benzene ring substituents is 1. The highest BCUT2D eigenvalue weighted by molar-refractivity contribution is 9.08. The van der Waals surface area contributed by atoms with Crippen LogP contribution in [0.2, 0.25) is 0 Å². The molecule has 1 rings (SSSR count). The Hall–Kier alpha value is -1.63. The van der Waals surface area contributed by atoms with Crippen molar-refractivity contribution in [2.24, 2.45) is 0 Å². The highest BCUT2D eigenvalue weighted by Gasteiger charge is 2.27. The van der Waals surface area contributed by atoms with Gasteiger partial charge in [-0.3, -0.25) is 10.1 Å². The van der Waals surface area contributed by atoms with Gasteiger partial charge in [-0.25, -0.2) is 4.79 Å². The van der Waals surface area contributed by atoms with Crippen molar-refractivity contribution in [3.8, 4) is 5.75 Å². The molecule has 98 valence electrons. The minimum absolute atomic E-state index is 0.0417. The molecule has 0 unspecified atom stereocenters. The van der Waals surface area contributed by atoms with Crippen LogP contribution in [-0.2, 0) is 10.1 Å². The number of hydrogen-bond acceptors (Lipinski definition) is 5. The van der Waals surface area contributed by atoms with Gasteiger partial charge in [0, 0.05) is 5.33 Å². The molecule has 18 heavy (non-hydrogen) atoms. The molecule has 0 radical (unpaired) electrons. The SMILES string of the molecule is CCOC(=O)c1cc(CBr)cc(OC)c1[N+](=O)[O-]. The summed E-state index contributed by atoms with van der Waals surface area (Å²) in [5.41, 5.74) is 0.219. The molecule has 0 aromatic heterocycles. The number of ether oxygens (including phenoxy) is 2. The number of benzene rings is 1. The number of esters is 1. The van der Waals surface area contributed by atoms with E-state index in [1.165, 1.54) is 19.2 Å². The zero-order chi connectivity index (χ0) is 13.7. The molecular weight excluding hydrogens is 306 g/mol. The van der Waals surface area contributed by atoms with E-state index in [1.54, 1.807) is 6.92 Å². The first kappa shape index (κ1) is 14.4. The van der Waals surface area contributed by atoms with Crippen LogP contribution < -0.4 is 4.74 Å². The van der Waals surface area contributed by atoms with Gasteiger partial charge in [0.25, 0.3) is 0 Å². The standard InChI is InChI=1S/C11H12BrNO5/c1-3-18-11(14)8-4-7(6-12)5-9(17-2)10(8)13(15)16/h4-5H,3,6H2,1-2H3. The summed E-state index contributed by atoms with van der Waals surface area (Å²) >= 11 is 3.23. The molecule has 0 N–H and O–H groups in total. The summed E-state index contributed by atoms with van der Waals surface area (Å²) in [6.45, 7) is 1.78. The van der Waals surface area contributed by atoms with E-state index < -0.39 is 10.9 Å². The van der Waals surface area contributed by atoms with E-state index in [2.05, 4.69) is 15.9 Å². The second kappa shape index (κ2) is 6.34. The van der Waals surface area contributed by atoms with E-state index in [0.717, 1.165) is 0 Å². The van der Waals surface area contributed by atoms with Crippen molar-refractivity contribution >= 4 is 27.6 Å². The average molecular weight is 318 g/mol. The van der Waals surface area contributed by atoms with Crippen LogP contribution in [0.25, 0.3) is 0 Å².